The normalized spacial score (nSPS) is 8.09. The first kappa shape index (κ1) is 10.8. The number of hydrogen-bond donors (Lipinski definition) is 2. The minimum absolute atomic E-state index is 0. The number of nitrogens with two attached hydrogens (primary N) is 1. The number of carbonyl (C=O) groups excluding carboxylic acids is 1. The van der Waals surface area contributed by atoms with Gasteiger partial charge in [-0.25, -0.2) is 5.84 Å². The van der Waals surface area contributed by atoms with Crippen LogP contribution in [0.2, 0.25) is 0 Å². The van der Waals surface area contributed by atoms with Gasteiger partial charge < -0.3 is 0 Å². The number of nitrogen functional groups attached to an aromatic ring is 1. The fourth-order valence-corrected chi connectivity index (χ4v) is 0.587. The summed E-state index contributed by atoms with van der Waals surface area (Å²) >= 11 is 0. The zero-order chi connectivity index (χ0) is 7.40. The van der Waals surface area contributed by atoms with Crippen LogP contribution in [-0.2, 0) is 0 Å². The van der Waals surface area contributed by atoms with Gasteiger partial charge in [0.05, 0.1) is 0 Å². The average Bonchev–Trinajstić information content (AvgIpc) is 2.05. The SMILES string of the molecule is NNC(=O)c1ccncc1.[CaH2]. The molecule has 1 aromatic heterocycles. The molecule has 0 unspecified atom stereocenters. The summed E-state index contributed by atoms with van der Waals surface area (Å²) in [6.07, 6.45) is 3.06. The minimum atomic E-state index is -0.303. The van der Waals surface area contributed by atoms with Crippen molar-refractivity contribution in [1.82, 2.24) is 10.4 Å². The van der Waals surface area contributed by atoms with E-state index in [1.54, 1.807) is 12.1 Å². The molecule has 0 atom stereocenters. The maximum atomic E-state index is 10.7. The molecule has 3 N–H and O–H groups in total. The Labute approximate surface area is 94.2 Å². The van der Waals surface area contributed by atoms with Gasteiger partial charge >= 0.3 is 37.7 Å². The molecule has 11 heavy (non-hydrogen) atoms. The van der Waals surface area contributed by atoms with E-state index in [1.165, 1.54) is 12.4 Å². The molecule has 5 heteroatoms. The summed E-state index contributed by atoms with van der Waals surface area (Å²) in [5.41, 5.74) is 2.53. The van der Waals surface area contributed by atoms with E-state index in [9.17, 15) is 4.79 Å². The van der Waals surface area contributed by atoms with Crippen molar-refractivity contribution in [3.8, 4) is 0 Å². The van der Waals surface area contributed by atoms with Crippen molar-refractivity contribution in [2.75, 3.05) is 0 Å². The van der Waals surface area contributed by atoms with Crippen LogP contribution in [0.3, 0.4) is 0 Å². The Kier molecular flexibility index (Phi) is 5.41. The van der Waals surface area contributed by atoms with Gasteiger partial charge in [0.15, 0.2) is 0 Å². The number of nitrogens with zero attached hydrogens (tertiary/aromatic N) is 1. The third kappa shape index (κ3) is 3.16. The third-order valence-electron chi connectivity index (χ3n) is 1.07. The van der Waals surface area contributed by atoms with Gasteiger partial charge in [0.1, 0.15) is 0 Å². The Balaban J connectivity index is 0.000001000. The van der Waals surface area contributed by atoms with Crippen molar-refractivity contribution in [1.29, 1.82) is 0 Å². The van der Waals surface area contributed by atoms with E-state index in [1.807, 2.05) is 5.43 Å². The van der Waals surface area contributed by atoms with Crippen molar-refractivity contribution < 1.29 is 4.79 Å². The molecule has 0 saturated heterocycles. The summed E-state index contributed by atoms with van der Waals surface area (Å²) in [7, 11) is 0. The van der Waals surface area contributed by atoms with Crippen LogP contribution in [0.15, 0.2) is 24.5 Å². The van der Waals surface area contributed by atoms with Gasteiger partial charge in [0.2, 0.25) is 0 Å². The fraction of sp³-hybridized carbons (Fsp3) is 0. The molecule has 0 saturated carbocycles. The van der Waals surface area contributed by atoms with Crippen LogP contribution in [0.25, 0.3) is 0 Å². The first-order valence-electron chi connectivity index (χ1n) is 2.75. The monoisotopic (exact) mass is 179 g/mol. The summed E-state index contributed by atoms with van der Waals surface area (Å²) in [4.78, 5) is 14.5. The van der Waals surface area contributed by atoms with Gasteiger partial charge in [-0.3, -0.25) is 15.2 Å². The summed E-state index contributed by atoms with van der Waals surface area (Å²) < 4.78 is 0. The summed E-state index contributed by atoms with van der Waals surface area (Å²) in [5, 5.41) is 0. The Morgan fingerprint density at radius 2 is 2.00 bits per heavy atom. The van der Waals surface area contributed by atoms with Crippen LogP contribution in [-0.4, -0.2) is 48.6 Å². The predicted octanol–water partition coefficient (Wildman–Crippen LogP) is -1.23. The molecule has 0 bridgehead atoms. The zero-order valence-electron chi connectivity index (χ0n) is 5.24. The van der Waals surface area contributed by atoms with Crippen LogP contribution >= 0.6 is 0 Å². The van der Waals surface area contributed by atoms with Crippen LogP contribution in [0.4, 0.5) is 0 Å². The molecule has 1 aromatic rings. The number of amides is 1. The molecule has 4 nitrogen and oxygen atoms in total. The molecule has 1 rings (SSSR count). The topological polar surface area (TPSA) is 68.0 Å². The molecular weight excluding hydrogens is 170 g/mol. The van der Waals surface area contributed by atoms with E-state index in [0.717, 1.165) is 0 Å². The van der Waals surface area contributed by atoms with E-state index >= 15 is 0 Å². The second-order valence-electron chi connectivity index (χ2n) is 1.71. The van der Waals surface area contributed by atoms with Crippen molar-refractivity contribution >= 4 is 43.6 Å². The Morgan fingerprint density at radius 3 is 2.45 bits per heavy atom. The van der Waals surface area contributed by atoms with Crippen molar-refractivity contribution in [3.63, 3.8) is 0 Å². The number of nitrogens with one attached hydrogen (secondary N) is 1. The first-order chi connectivity index (χ1) is 4.84. The number of rotatable bonds is 1. The molecule has 0 aliphatic heterocycles. The van der Waals surface area contributed by atoms with Gasteiger partial charge in [-0.15, -0.1) is 0 Å². The van der Waals surface area contributed by atoms with Crippen molar-refractivity contribution in [2.45, 2.75) is 0 Å². The summed E-state index contributed by atoms with van der Waals surface area (Å²) in [6.45, 7) is 0. The van der Waals surface area contributed by atoms with Crippen LogP contribution in [0.5, 0.6) is 0 Å². The number of hydrazine groups is 1. The first-order valence-corrected chi connectivity index (χ1v) is 2.75. The van der Waals surface area contributed by atoms with Gasteiger partial charge in [0, 0.05) is 18.0 Å². The molecule has 56 valence electrons. The van der Waals surface area contributed by atoms with E-state index < -0.39 is 0 Å². The van der Waals surface area contributed by atoms with E-state index in [0.29, 0.717) is 5.56 Å². The zero-order valence-corrected chi connectivity index (χ0v) is 5.24. The fourth-order valence-electron chi connectivity index (χ4n) is 0.587. The van der Waals surface area contributed by atoms with Crippen molar-refractivity contribution in [3.05, 3.63) is 30.1 Å². The third-order valence-corrected chi connectivity index (χ3v) is 1.07. The average molecular weight is 179 g/mol. The van der Waals surface area contributed by atoms with Crippen LogP contribution in [0.1, 0.15) is 10.4 Å². The molecule has 0 radical (unpaired) electrons. The Morgan fingerprint density at radius 1 is 1.45 bits per heavy atom. The molecule has 0 aliphatic carbocycles. The Bertz CT molecular complexity index is 227. The van der Waals surface area contributed by atoms with E-state index in [4.69, 9.17) is 5.84 Å². The number of hydrogen-bond acceptors (Lipinski definition) is 3. The summed E-state index contributed by atoms with van der Waals surface area (Å²) in [6, 6.07) is 3.17. The maximum absolute atomic E-state index is 10.7. The molecule has 0 aliphatic rings. The number of carbonyl (C=O) groups is 1. The second kappa shape index (κ2) is 5.49. The molecule has 0 fully saturated rings. The molecule has 0 spiro atoms. The molecule has 1 amide bonds. The van der Waals surface area contributed by atoms with Crippen LogP contribution < -0.4 is 11.3 Å². The molecule has 0 aromatic carbocycles. The van der Waals surface area contributed by atoms with E-state index in [2.05, 4.69) is 4.98 Å². The van der Waals surface area contributed by atoms with Gasteiger partial charge in [-0.05, 0) is 12.1 Å². The van der Waals surface area contributed by atoms with Crippen molar-refractivity contribution in [2.24, 2.45) is 5.84 Å². The van der Waals surface area contributed by atoms with Gasteiger partial charge in [-0.1, -0.05) is 0 Å². The number of aromatic nitrogens is 1. The Hall–Kier alpha value is -0.160. The molecular formula is C6H9CaN3O. The predicted molar refractivity (Wildman–Crippen MR) is 44.4 cm³/mol. The number of pyridine rings is 1. The van der Waals surface area contributed by atoms with E-state index in [-0.39, 0.29) is 43.6 Å². The summed E-state index contributed by atoms with van der Waals surface area (Å²) in [5.74, 6) is 4.58. The molecule has 1 heterocycles. The van der Waals surface area contributed by atoms with Gasteiger partial charge in [-0.2, -0.15) is 0 Å². The second-order valence-corrected chi connectivity index (χ2v) is 1.71. The standard InChI is InChI=1S/C6H7N3O.Ca.2H/c7-9-6(10)5-1-3-8-4-2-5;;;/h1-4H,7H2,(H,9,10);;;. The van der Waals surface area contributed by atoms with Crippen LogP contribution in [0, 0.1) is 0 Å². The quantitative estimate of drug-likeness (QED) is 0.245. The van der Waals surface area contributed by atoms with Gasteiger partial charge in [0.25, 0.3) is 5.91 Å².